The molecule has 0 aliphatic heterocycles. The van der Waals surface area contributed by atoms with E-state index in [1.807, 2.05) is 0 Å². The number of hydrogen-bond donors (Lipinski definition) is 1. The number of hydrogen-bond acceptors (Lipinski definition) is 3. The van der Waals surface area contributed by atoms with Gasteiger partial charge >= 0.3 is 64.3 Å². The van der Waals surface area contributed by atoms with Gasteiger partial charge in [-0.1, -0.05) is 11.6 Å². The maximum atomic E-state index is 12.9. The number of carbonyl (C=O) groups excluding carboxylic acids is 1. The van der Waals surface area contributed by atoms with Gasteiger partial charge in [0.25, 0.3) is 0 Å². The molecule has 0 atom stereocenters. The largest absolute Gasteiger partial charge is 1.00 e. The standard InChI is InChI=1S/C12H15BF3O2S.K/c1-7-9(11(17)18-12(2,3)4)5-8(19)6-10(7)13(14,15)16;/h5-6,19H,1-4H3;/q-1;+1. The van der Waals surface area contributed by atoms with Gasteiger partial charge in [-0.05, 0) is 33.8 Å². The van der Waals surface area contributed by atoms with Crippen molar-refractivity contribution in [3.05, 3.63) is 23.3 Å². The maximum Gasteiger partial charge on any atom is 1.00 e. The number of carbonyl (C=O) groups is 1. The van der Waals surface area contributed by atoms with Crippen molar-refractivity contribution in [1.29, 1.82) is 0 Å². The predicted octanol–water partition coefficient (Wildman–Crippen LogP) is 0.297. The van der Waals surface area contributed by atoms with Crippen molar-refractivity contribution in [3.8, 4) is 0 Å². The van der Waals surface area contributed by atoms with Gasteiger partial charge in [-0.3, -0.25) is 0 Å². The molecule has 0 spiro atoms. The van der Waals surface area contributed by atoms with Crippen LogP contribution in [0.4, 0.5) is 12.9 Å². The summed E-state index contributed by atoms with van der Waals surface area (Å²) in [6, 6.07) is 2.21. The Morgan fingerprint density at radius 2 is 1.75 bits per heavy atom. The fourth-order valence-corrected chi connectivity index (χ4v) is 1.87. The first-order valence-corrected chi connectivity index (χ1v) is 6.13. The minimum absolute atomic E-state index is 0. The predicted molar refractivity (Wildman–Crippen MR) is 72.3 cm³/mol. The number of benzene rings is 1. The third-order valence-corrected chi connectivity index (χ3v) is 2.66. The second-order valence-corrected chi connectivity index (χ2v) is 5.80. The fourth-order valence-electron chi connectivity index (χ4n) is 1.61. The van der Waals surface area contributed by atoms with Crippen LogP contribution in [0, 0.1) is 6.92 Å². The van der Waals surface area contributed by atoms with E-state index in [0.717, 1.165) is 6.07 Å². The third kappa shape index (κ3) is 5.73. The molecule has 0 aliphatic carbocycles. The minimum atomic E-state index is -5.19. The van der Waals surface area contributed by atoms with E-state index in [1.165, 1.54) is 13.0 Å². The van der Waals surface area contributed by atoms with Crippen LogP contribution in [-0.2, 0) is 4.74 Å². The summed E-state index contributed by atoms with van der Waals surface area (Å²) in [7, 11) is 0. The van der Waals surface area contributed by atoms with Crippen molar-refractivity contribution < 1.29 is 73.9 Å². The zero-order valence-corrected chi connectivity index (χ0v) is 16.1. The molecule has 0 N–H and O–H groups in total. The molecule has 0 unspecified atom stereocenters. The van der Waals surface area contributed by atoms with Crippen molar-refractivity contribution in [1.82, 2.24) is 0 Å². The van der Waals surface area contributed by atoms with Gasteiger partial charge in [0.1, 0.15) is 5.60 Å². The first-order valence-electron chi connectivity index (χ1n) is 5.68. The van der Waals surface area contributed by atoms with Crippen LogP contribution >= 0.6 is 12.6 Å². The Hall–Kier alpha value is 0.531. The first kappa shape index (κ1) is 20.5. The summed E-state index contributed by atoms with van der Waals surface area (Å²) < 4.78 is 43.8. The summed E-state index contributed by atoms with van der Waals surface area (Å²) in [6.07, 6.45) is 0. The second kappa shape index (κ2) is 7.20. The summed E-state index contributed by atoms with van der Waals surface area (Å²) >= 11 is 3.91. The van der Waals surface area contributed by atoms with Crippen LogP contribution in [0.15, 0.2) is 17.0 Å². The Kier molecular flexibility index (Phi) is 7.39. The van der Waals surface area contributed by atoms with Gasteiger partial charge in [-0.15, -0.1) is 18.1 Å². The molecule has 8 heteroatoms. The normalized spacial score (nSPS) is 11.8. The van der Waals surface area contributed by atoms with Gasteiger partial charge in [0.2, 0.25) is 0 Å². The van der Waals surface area contributed by atoms with Crippen molar-refractivity contribution in [3.63, 3.8) is 0 Å². The minimum Gasteiger partial charge on any atom is -0.456 e. The zero-order valence-electron chi connectivity index (χ0n) is 12.1. The molecule has 106 valence electrons. The maximum absolute atomic E-state index is 12.9. The summed E-state index contributed by atoms with van der Waals surface area (Å²) in [5, 5.41) is 0. The Balaban J connectivity index is 0.00000361. The molecule has 0 aliphatic rings. The van der Waals surface area contributed by atoms with Crippen molar-refractivity contribution in [2.45, 2.75) is 38.2 Å². The number of halogens is 3. The average Bonchev–Trinajstić information content (AvgIpc) is 2.16. The smallest absolute Gasteiger partial charge is 0.456 e. The molecular weight excluding hydrogens is 315 g/mol. The Bertz CT molecular complexity index is 513. The molecule has 0 saturated heterocycles. The van der Waals surface area contributed by atoms with Crippen molar-refractivity contribution in [2.24, 2.45) is 0 Å². The molecule has 1 rings (SSSR count). The van der Waals surface area contributed by atoms with Crippen LogP contribution in [0.2, 0.25) is 0 Å². The van der Waals surface area contributed by atoms with E-state index in [-0.39, 0.29) is 67.4 Å². The van der Waals surface area contributed by atoms with E-state index in [9.17, 15) is 17.7 Å². The topological polar surface area (TPSA) is 26.3 Å². The summed E-state index contributed by atoms with van der Waals surface area (Å²) in [4.78, 5) is 12.0. The van der Waals surface area contributed by atoms with E-state index in [4.69, 9.17) is 4.74 Å². The van der Waals surface area contributed by atoms with E-state index < -0.39 is 24.0 Å². The van der Waals surface area contributed by atoms with Gasteiger partial charge in [-0.2, -0.15) is 0 Å². The molecule has 1 aromatic rings. The van der Waals surface area contributed by atoms with Crippen molar-refractivity contribution in [2.75, 3.05) is 0 Å². The molecular formula is C12H15BF3KO2S. The third-order valence-electron chi connectivity index (χ3n) is 2.40. The molecule has 20 heavy (non-hydrogen) atoms. The summed E-state index contributed by atoms with van der Waals surface area (Å²) in [6.45, 7) is 1.03. The second-order valence-electron chi connectivity index (χ2n) is 5.28. The molecule has 0 bridgehead atoms. The van der Waals surface area contributed by atoms with Crippen LogP contribution in [0.25, 0.3) is 0 Å². The monoisotopic (exact) mass is 330 g/mol. The molecule has 0 radical (unpaired) electrons. The van der Waals surface area contributed by atoms with Crippen LogP contribution in [0.3, 0.4) is 0 Å². The van der Waals surface area contributed by atoms with E-state index in [2.05, 4.69) is 12.6 Å². The Labute approximate surface area is 164 Å². The van der Waals surface area contributed by atoms with Gasteiger partial charge in [-0.25, -0.2) is 4.79 Å². The molecule has 0 saturated carbocycles. The molecule has 0 aromatic heterocycles. The van der Waals surface area contributed by atoms with E-state index in [0.29, 0.717) is 0 Å². The van der Waals surface area contributed by atoms with Gasteiger partial charge in [0.15, 0.2) is 0 Å². The zero-order chi connectivity index (χ0) is 15.0. The summed E-state index contributed by atoms with van der Waals surface area (Å²) in [5.74, 6) is -0.776. The van der Waals surface area contributed by atoms with Crippen LogP contribution in [0.5, 0.6) is 0 Å². The molecule has 2 nitrogen and oxygen atoms in total. The average molecular weight is 330 g/mol. The Morgan fingerprint density at radius 1 is 1.25 bits per heavy atom. The molecule has 0 amide bonds. The SMILES string of the molecule is Cc1c(C(=O)OC(C)(C)C)cc(S)cc1[B-](F)(F)F.[K+]. The summed E-state index contributed by atoms with van der Waals surface area (Å²) in [5.41, 5.74) is -1.80. The number of rotatable bonds is 2. The quantitative estimate of drug-likeness (QED) is 0.480. The van der Waals surface area contributed by atoms with Gasteiger partial charge in [0, 0.05) is 4.90 Å². The molecule has 0 fully saturated rings. The van der Waals surface area contributed by atoms with Crippen LogP contribution in [-0.4, -0.2) is 18.5 Å². The van der Waals surface area contributed by atoms with Crippen LogP contribution < -0.4 is 56.8 Å². The van der Waals surface area contributed by atoms with Crippen molar-refractivity contribution >= 4 is 31.0 Å². The van der Waals surface area contributed by atoms with E-state index >= 15 is 0 Å². The van der Waals surface area contributed by atoms with Gasteiger partial charge in [0.05, 0.1) is 5.56 Å². The van der Waals surface area contributed by atoms with Crippen LogP contribution in [0.1, 0.15) is 36.7 Å². The molecule has 0 heterocycles. The molecule has 1 aromatic carbocycles. The fraction of sp³-hybridized carbons (Fsp3) is 0.417. The number of thiol groups is 1. The van der Waals surface area contributed by atoms with Gasteiger partial charge < -0.3 is 17.7 Å². The first-order chi connectivity index (χ1) is 8.42. The number of esters is 1. The Morgan fingerprint density at radius 3 is 2.15 bits per heavy atom. The number of ether oxygens (including phenoxy) is 1. The van der Waals surface area contributed by atoms with E-state index in [1.54, 1.807) is 20.8 Å².